The first kappa shape index (κ1) is 19.2. The molecule has 4 aromatic rings. The molecule has 31 heavy (non-hydrogen) atoms. The lowest BCUT2D eigenvalue weighted by molar-refractivity contribution is 0.0934. The van der Waals surface area contributed by atoms with Gasteiger partial charge in [-0.2, -0.15) is 0 Å². The smallest absolute Gasteiger partial charge is 0.251 e. The van der Waals surface area contributed by atoms with Crippen LogP contribution in [0.3, 0.4) is 0 Å². The van der Waals surface area contributed by atoms with Gasteiger partial charge in [0.2, 0.25) is 0 Å². The van der Waals surface area contributed by atoms with Gasteiger partial charge in [-0.1, -0.05) is 0 Å². The maximum atomic E-state index is 14.5. The number of amides is 1. The van der Waals surface area contributed by atoms with Crippen molar-refractivity contribution < 1.29 is 13.9 Å². The zero-order valence-electron chi connectivity index (χ0n) is 17.1. The summed E-state index contributed by atoms with van der Waals surface area (Å²) in [7, 11) is 0. The Kier molecular flexibility index (Phi) is 4.62. The fraction of sp³-hybridized carbons (Fsp3) is 0.217. The Morgan fingerprint density at radius 2 is 2.13 bits per heavy atom. The first-order valence-electron chi connectivity index (χ1n) is 9.99. The van der Waals surface area contributed by atoms with Crippen LogP contribution in [0.1, 0.15) is 27.3 Å². The molecule has 1 atom stereocenters. The molecule has 0 radical (unpaired) electrons. The minimum atomic E-state index is -0.372. The predicted octanol–water partition coefficient (Wildman–Crippen LogP) is 3.51. The summed E-state index contributed by atoms with van der Waals surface area (Å²) in [5, 5.41) is 2.88. The number of halogens is 1. The van der Waals surface area contributed by atoms with Crippen molar-refractivity contribution in [2.45, 2.75) is 26.4 Å². The topological polar surface area (TPSA) is 92.8 Å². The van der Waals surface area contributed by atoms with E-state index in [0.717, 1.165) is 22.4 Å². The number of ether oxygens (including phenoxy) is 1. The van der Waals surface area contributed by atoms with Crippen LogP contribution in [0, 0.1) is 19.7 Å². The van der Waals surface area contributed by atoms with Crippen molar-refractivity contribution in [2.75, 3.05) is 6.54 Å². The molecule has 8 heteroatoms. The number of hydrogen-bond acceptors (Lipinski definition) is 5. The Morgan fingerprint density at radius 3 is 3.00 bits per heavy atom. The summed E-state index contributed by atoms with van der Waals surface area (Å²) in [6, 6.07) is 8.36. The second-order valence-electron chi connectivity index (χ2n) is 7.64. The number of fused-ring (bicyclic) bond motifs is 2. The van der Waals surface area contributed by atoms with Gasteiger partial charge in [0.15, 0.2) is 0 Å². The third kappa shape index (κ3) is 3.50. The SMILES string of the molecule is Cc1cnc(C)c(-c2ccc(F)c3c2O[C@H](CNC(=O)c2ccc4nc[nH]c4c2)C3)n1. The highest BCUT2D eigenvalue weighted by Crippen LogP contribution is 2.40. The van der Waals surface area contributed by atoms with Gasteiger partial charge >= 0.3 is 0 Å². The molecule has 0 spiro atoms. The summed E-state index contributed by atoms with van der Waals surface area (Å²) >= 11 is 0. The van der Waals surface area contributed by atoms with Crippen LogP contribution in [0.15, 0.2) is 42.9 Å². The molecule has 0 bridgehead atoms. The lowest BCUT2D eigenvalue weighted by atomic mass is 10.0. The average Bonchev–Trinajstić information content (AvgIpc) is 3.41. The van der Waals surface area contributed by atoms with Crippen molar-refractivity contribution in [2.24, 2.45) is 0 Å². The maximum Gasteiger partial charge on any atom is 0.251 e. The van der Waals surface area contributed by atoms with Gasteiger partial charge in [0.25, 0.3) is 5.91 Å². The fourth-order valence-electron chi connectivity index (χ4n) is 3.84. The Balaban J connectivity index is 1.35. The number of rotatable bonds is 4. The van der Waals surface area contributed by atoms with Gasteiger partial charge in [0, 0.05) is 29.3 Å². The molecule has 1 aliphatic heterocycles. The summed E-state index contributed by atoms with van der Waals surface area (Å²) in [5.41, 5.74) is 5.51. The van der Waals surface area contributed by atoms with Crippen molar-refractivity contribution in [3.8, 4) is 17.0 Å². The van der Waals surface area contributed by atoms with Crippen molar-refractivity contribution in [1.29, 1.82) is 0 Å². The molecule has 7 nitrogen and oxygen atoms in total. The highest BCUT2D eigenvalue weighted by Gasteiger charge is 2.30. The number of hydrogen-bond donors (Lipinski definition) is 2. The maximum absolute atomic E-state index is 14.5. The Labute approximate surface area is 177 Å². The molecule has 2 aromatic heterocycles. The Morgan fingerprint density at radius 1 is 1.26 bits per heavy atom. The molecule has 0 saturated heterocycles. The number of aryl methyl sites for hydroxylation is 2. The molecule has 2 aromatic carbocycles. The van der Waals surface area contributed by atoms with E-state index in [0.29, 0.717) is 34.6 Å². The normalized spacial score (nSPS) is 15.0. The Hall–Kier alpha value is -3.81. The van der Waals surface area contributed by atoms with Crippen molar-refractivity contribution >= 4 is 16.9 Å². The molecular formula is C23H20FN5O2. The number of imidazole rings is 1. The zero-order chi connectivity index (χ0) is 21.5. The molecule has 5 rings (SSSR count). The van der Waals surface area contributed by atoms with E-state index in [2.05, 4.69) is 25.3 Å². The van der Waals surface area contributed by atoms with Crippen LogP contribution in [0.25, 0.3) is 22.3 Å². The van der Waals surface area contributed by atoms with Crippen LogP contribution in [-0.4, -0.2) is 38.5 Å². The molecule has 3 heterocycles. The third-order valence-electron chi connectivity index (χ3n) is 5.42. The quantitative estimate of drug-likeness (QED) is 0.530. The summed E-state index contributed by atoms with van der Waals surface area (Å²) in [5.74, 6) is -0.0752. The molecule has 156 valence electrons. The molecule has 2 N–H and O–H groups in total. The second-order valence-corrected chi connectivity index (χ2v) is 7.64. The Bertz CT molecular complexity index is 1320. The largest absolute Gasteiger partial charge is 0.487 e. The summed E-state index contributed by atoms with van der Waals surface area (Å²) in [6.45, 7) is 3.98. The van der Waals surface area contributed by atoms with Crippen LogP contribution in [0.5, 0.6) is 5.75 Å². The summed E-state index contributed by atoms with van der Waals surface area (Å²) < 4.78 is 20.6. The average molecular weight is 417 g/mol. The van der Waals surface area contributed by atoms with Crippen molar-refractivity contribution in [1.82, 2.24) is 25.3 Å². The molecule has 0 fully saturated rings. The van der Waals surface area contributed by atoms with Crippen LogP contribution in [-0.2, 0) is 6.42 Å². The number of carbonyl (C=O) groups is 1. The lowest BCUT2D eigenvalue weighted by Gasteiger charge is -2.14. The van der Waals surface area contributed by atoms with E-state index in [-0.39, 0.29) is 24.4 Å². The number of benzene rings is 2. The number of aromatic nitrogens is 4. The van der Waals surface area contributed by atoms with Crippen LogP contribution >= 0.6 is 0 Å². The monoisotopic (exact) mass is 417 g/mol. The van der Waals surface area contributed by atoms with Crippen LogP contribution < -0.4 is 10.1 Å². The molecular weight excluding hydrogens is 397 g/mol. The summed E-state index contributed by atoms with van der Waals surface area (Å²) in [6.07, 6.45) is 3.28. The second kappa shape index (κ2) is 7.46. The zero-order valence-corrected chi connectivity index (χ0v) is 17.1. The lowest BCUT2D eigenvalue weighted by Crippen LogP contribution is -2.34. The summed E-state index contributed by atoms with van der Waals surface area (Å²) in [4.78, 5) is 28.7. The van der Waals surface area contributed by atoms with Gasteiger partial charge in [-0.25, -0.2) is 14.4 Å². The van der Waals surface area contributed by atoms with Crippen molar-refractivity contribution in [3.63, 3.8) is 0 Å². The highest BCUT2D eigenvalue weighted by atomic mass is 19.1. The molecule has 0 unspecified atom stereocenters. The van der Waals surface area contributed by atoms with Gasteiger partial charge in [-0.3, -0.25) is 9.78 Å². The minimum Gasteiger partial charge on any atom is -0.487 e. The first-order valence-corrected chi connectivity index (χ1v) is 9.99. The van der Waals surface area contributed by atoms with Crippen LogP contribution in [0.2, 0.25) is 0 Å². The van der Waals surface area contributed by atoms with Gasteiger partial charge in [-0.15, -0.1) is 0 Å². The van der Waals surface area contributed by atoms with Crippen LogP contribution in [0.4, 0.5) is 4.39 Å². The third-order valence-corrected chi connectivity index (χ3v) is 5.42. The van der Waals surface area contributed by atoms with Gasteiger partial charge in [0.05, 0.1) is 41.0 Å². The standard InChI is InChI=1S/C23H20FN5O2/c1-12-9-25-13(2)21(29-12)16-4-5-18(24)17-8-15(31-22(16)17)10-26-23(30)14-3-6-19-20(7-14)28-11-27-19/h3-7,9,11,15H,8,10H2,1-2H3,(H,26,30)(H,27,28)/t15-/m0/s1. The predicted molar refractivity (Wildman–Crippen MR) is 113 cm³/mol. The number of aromatic amines is 1. The minimum absolute atomic E-state index is 0.225. The molecule has 0 aliphatic carbocycles. The van der Waals surface area contributed by atoms with E-state index in [1.165, 1.54) is 6.07 Å². The van der Waals surface area contributed by atoms with E-state index < -0.39 is 0 Å². The molecule has 1 amide bonds. The van der Waals surface area contributed by atoms with E-state index >= 15 is 0 Å². The highest BCUT2D eigenvalue weighted by molar-refractivity contribution is 5.97. The molecule has 0 saturated carbocycles. The fourth-order valence-corrected chi connectivity index (χ4v) is 3.84. The van der Waals surface area contributed by atoms with Gasteiger partial charge in [-0.05, 0) is 44.2 Å². The number of H-pyrrole nitrogens is 1. The van der Waals surface area contributed by atoms with E-state index in [9.17, 15) is 9.18 Å². The van der Waals surface area contributed by atoms with Crippen molar-refractivity contribution in [3.05, 3.63) is 71.2 Å². The van der Waals surface area contributed by atoms with E-state index in [1.807, 2.05) is 13.8 Å². The first-order chi connectivity index (χ1) is 15.0. The van der Waals surface area contributed by atoms with Gasteiger partial charge in [0.1, 0.15) is 17.7 Å². The molecule has 1 aliphatic rings. The number of carbonyl (C=O) groups excluding carboxylic acids is 1. The number of nitrogens with one attached hydrogen (secondary N) is 2. The van der Waals surface area contributed by atoms with Gasteiger partial charge < -0.3 is 15.0 Å². The van der Waals surface area contributed by atoms with E-state index in [4.69, 9.17) is 4.74 Å². The van der Waals surface area contributed by atoms with E-state index in [1.54, 1.807) is 36.8 Å². The number of nitrogens with zero attached hydrogens (tertiary/aromatic N) is 3.